The Labute approximate surface area is 131 Å². The Morgan fingerprint density at radius 3 is 2.52 bits per heavy atom. The number of aromatic amines is 1. The first kappa shape index (κ1) is 15.6. The number of carboxylic acids is 1. The van der Waals surface area contributed by atoms with Crippen LogP contribution in [0.1, 0.15) is 37.0 Å². The minimum absolute atomic E-state index is 0.0587. The largest absolute Gasteiger partial charge is 0.477 e. The lowest BCUT2D eigenvalue weighted by molar-refractivity contribution is 0.0690. The standard InChI is InChI=1S/C14H15ClN2O3S/c1-7-11(8(2)16-12(7)14(19)20)13(18)17(3)6-9-4-5-10(15)21-9/h4-5,16H,6H2,1-3H3,(H,19,20). The van der Waals surface area contributed by atoms with Crippen LogP contribution in [0.25, 0.3) is 0 Å². The number of rotatable bonds is 4. The summed E-state index contributed by atoms with van der Waals surface area (Å²) >= 11 is 7.29. The first-order valence-corrected chi connectivity index (χ1v) is 7.42. The van der Waals surface area contributed by atoms with Crippen molar-refractivity contribution in [1.29, 1.82) is 0 Å². The van der Waals surface area contributed by atoms with Gasteiger partial charge in [0.05, 0.1) is 16.4 Å². The van der Waals surface area contributed by atoms with E-state index in [4.69, 9.17) is 16.7 Å². The third-order valence-corrected chi connectivity index (χ3v) is 4.45. The van der Waals surface area contributed by atoms with E-state index in [1.807, 2.05) is 6.07 Å². The van der Waals surface area contributed by atoms with Gasteiger partial charge in [-0.1, -0.05) is 11.6 Å². The summed E-state index contributed by atoms with van der Waals surface area (Å²) in [5, 5.41) is 9.09. The second-order valence-electron chi connectivity index (χ2n) is 4.80. The fourth-order valence-electron chi connectivity index (χ4n) is 2.22. The lowest BCUT2D eigenvalue weighted by Gasteiger charge is -2.16. The van der Waals surface area contributed by atoms with Crippen LogP contribution < -0.4 is 0 Å². The van der Waals surface area contributed by atoms with Crippen molar-refractivity contribution in [3.8, 4) is 0 Å². The fraction of sp³-hybridized carbons (Fsp3) is 0.286. The summed E-state index contributed by atoms with van der Waals surface area (Å²) in [6.07, 6.45) is 0. The van der Waals surface area contributed by atoms with E-state index in [2.05, 4.69) is 4.98 Å². The van der Waals surface area contributed by atoms with Crippen LogP contribution >= 0.6 is 22.9 Å². The van der Waals surface area contributed by atoms with Crippen molar-refractivity contribution in [3.63, 3.8) is 0 Å². The van der Waals surface area contributed by atoms with Crippen molar-refractivity contribution in [3.05, 3.63) is 43.9 Å². The highest BCUT2D eigenvalue weighted by Gasteiger charge is 2.24. The predicted octanol–water partition coefficient (Wildman–Crippen LogP) is 3.32. The summed E-state index contributed by atoms with van der Waals surface area (Å²) in [7, 11) is 1.68. The van der Waals surface area contributed by atoms with Crippen molar-refractivity contribution in [1.82, 2.24) is 9.88 Å². The molecular weight excluding hydrogens is 312 g/mol. The Morgan fingerprint density at radius 1 is 1.38 bits per heavy atom. The molecular formula is C14H15ClN2O3S. The van der Waals surface area contributed by atoms with Gasteiger partial charge in [-0.2, -0.15) is 0 Å². The highest BCUT2D eigenvalue weighted by molar-refractivity contribution is 7.16. The molecule has 7 heteroatoms. The molecule has 5 nitrogen and oxygen atoms in total. The van der Waals surface area contributed by atoms with Crippen LogP contribution in [-0.2, 0) is 6.54 Å². The Hall–Kier alpha value is -1.79. The number of halogens is 1. The molecule has 0 radical (unpaired) electrons. The van der Waals surface area contributed by atoms with Gasteiger partial charge in [0.1, 0.15) is 5.69 Å². The molecule has 0 fully saturated rings. The molecule has 2 N–H and O–H groups in total. The van der Waals surface area contributed by atoms with Gasteiger partial charge in [-0.05, 0) is 31.5 Å². The number of aromatic nitrogens is 1. The van der Waals surface area contributed by atoms with E-state index in [9.17, 15) is 9.59 Å². The number of carboxylic acid groups (broad SMARTS) is 1. The summed E-state index contributed by atoms with van der Waals surface area (Å²) in [5.74, 6) is -1.28. The van der Waals surface area contributed by atoms with E-state index in [0.717, 1.165) is 4.88 Å². The lowest BCUT2D eigenvalue weighted by atomic mass is 10.1. The number of aromatic carboxylic acids is 1. The molecule has 1 amide bonds. The van der Waals surface area contributed by atoms with Gasteiger partial charge < -0.3 is 15.0 Å². The monoisotopic (exact) mass is 326 g/mol. The Morgan fingerprint density at radius 2 is 2.05 bits per heavy atom. The molecule has 2 heterocycles. The first-order valence-electron chi connectivity index (χ1n) is 6.23. The number of carbonyl (C=O) groups excluding carboxylic acids is 1. The van der Waals surface area contributed by atoms with Gasteiger partial charge in [0.25, 0.3) is 5.91 Å². The molecule has 112 valence electrons. The van der Waals surface area contributed by atoms with Crippen LogP contribution in [-0.4, -0.2) is 33.9 Å². The number of hydrogen-bond donors (Lipinski definition) is 2. The summed E-state index contributed by atoms with van der Waals surface area (Å²) < 4.78 is 0.674. The number of thiophene rings is 1. The molecule has 0 unspecified atom stereocenters. The minimum atomic E-state index is -1.07. The van der Waals surface area contributed by atoms with Gasteiger partial charge in [-0.25, -0.2) is 4.79 Å². The fourth-order valence-corrected chi connectivity index (χ4v) is 3.36. The van der Waals surface area contributed by atoms with E-state index in [1.54, 1.807) is 31.9 Å². The van der Waals surface area contributed by atoms with Crippen molar-refractivity contribution in [2.45, 2.75) is 20.4 Å². The number of nitrogens with zero attached hydrogens (tertiary/aromatic N) is 1. The SMILES string of the molecule is Cc1[nH]c(C(=O)O)c(C)c1C(=O)N(C)Cc1ccc(Cl)s1. The number of carbonyl (C=O) groups is 2. The molecule has 0 saturated heterocycles. The van der Waals surface area contributed by atoms with Crippen LogP contribution in [0.5, 0.6) is 0 Å². The van der Waals surface area contributed by atoms with Crippen LogP contribution in [0.2, 0.25) is 4.34 Å². The molecule has 2 rings (SSSR count). The topological polar surface area (TPSA) is 73.4 Å². The second kappa shape index (κ2) is 5.91. The van der Waals surface area contributed by atoms with E-state index in [0.29, 0.717) is 27.7 Å². The van der Waals surface area contributed by atoms with E-state index < -0.39 is 5.97 Å². The van der Waals surface area contributed by atoms with Crippen molar-refractivity contribution >= 4 is 34.8 Å². The quantitative estimate of drug-likeness (QED) is 0.905. The van der Waals surface area contributed by atoms with Gasteiger partial charge in [-0.3, -0.25) is 4.79 Å². The van der Waals surface area contributed by atoms with Crippen molar-refractivity contribution < 1.29 is 14.7 Å². The van der Waals surface area contributed by atoms with Crippen molar-refractivity contribution in [2.24, 2.45) is 0 Å². The highest BCUT2D eigenvalue weighted by Crippen LogP contribution is 2.24. The third-order valence-electron chi connectivity index (χ3n) is 3.23. The van der Waals surface area contributed by atoms with Crippen LogP contribution in [0.15, 0.2) is 12.1 Å². The van der Waals surface area contributed by atoms with E-state index in [-0.39, 0.29) is 11.6 Å². The number of hydrogen-bond acceptors (Lipinski definition) is 3. The number of H-pyrrole nitrogens is 1. The molecule has 0 aromatic carbocycles. The lowest BCUT2D eigenvalue weighted by Crippen LogP contribution is -2.26. The highest BCUT2D eigenvalue weighted by atomic mass is 35.5. The zero-order valence-electron chi connectivity index (χ0n) is 11.9. The number of amides is 1. The van der Waals surface area contributed by atoms with Crippen molar-refractivity contribution in [2.75, 3.05) is 7.05 Å². The molecule has 21 heavy (non-hydrogen) atoms. The van der Waals surface area contributed by atoms with Gasteiger partial charge in [-0.15, -0.1) is 11.3 Å². The summed E-state index contributed by atoms with van der Waals surface area (Å²) in [4.78, 5) is 28.9. The van der Waals surface area contributed by atoms with E-state index in [1.165, 1.54) is 11.3 Å². The second-order valence-corrected chi connectivity index (χ2v) is 6.60. The maximum absolute atomic E-state index is 12.5. The van der Waals surface area contributed by atoms with Crippen LogP contribution in [0, 0.1) is 13.8 Å². The molecule has 0 aliphatic rings. The molecule has 2 aromatic rings. The van der Waals surface area contributed by atoms with Gasteiger partial charge in [0, 0.05) is 17.6 Å². The Bertz CT molecular complexity index is 705. The summed E-state index contributed by atoms with van der Waals surface area (Å²) in [6, 6.07) is 3.66. The molecule has 0 aliphatic heterocycles. The molecule has 0 bridgehead atoms. The molecule has 0 aliphatic carbocycles. The predicted molar refractivity (Wildman–Crippen MR) is 82.4 cm³/mol. The molecule has 0 spiro atoms. The summed E-state index contributed by atoms with van der Waals surface area (Å²) in [6.45, 7) is 3.77. The number of nitrogens with one attached hydrogen (secondary N) is 1. The third kappa shape index (κ3) is 3.11. The normalized spacial score (nSPS) is 10.7. The zero-order valence-corrected chi connectivity index (χ0v) is 13.4. The van der Waals surface area contributed by atoms with Crippen LogP contribution in [0.3, 0.4) is 0 Å². The molecule has 2 aromatic heterocycles. The van der Waals surface area contributed by atoms with E-state index >= 15 is 0 Å². The minimum Gasteiger partial charge on any atom is -0.477 e. The average molecular weight is 327 g/mol. The first-order chi connectivity index (χ1) is 9.81. The molecule has 0 atom stereocenters. The van der Waals surface area contributed by atoms with Gasteiger partial charge in [0.2, 0.25) is 0 Å². The summed E-state index contributed by atoms with van der Waals surface area (Å²) in [5.41, 5.74) is 1.49. The Kier molecular flexibility index (Phi) is 4.39. The van der Waals surface area contributed by atoms with Gasteiger partial charge >= 0.3 is 5.97 Å². The molecule has 0 saturated carbocycles. The maximum atomic E-state index is 12.5. The number of aryl methyl sites for hydroxylation is 1. The van der Waals surface area contributed by atoms with Gasteiger partial charge in [0.15, 0.2) is 0 Å². The average Bonchev–Trinajstić information content (AvgIpc) is 2.92. The maximum Gasteiger partial charge on any atom is 0.352 e. The smallest absolute Gasteiger partial charge is 0.352 e. The van der Waals surface area contributed by atoms with Crippen LogP contribution in [0.4, 0.5) is 0 Å². The zero-order chi connectivity index (χ0) is 15.7. The Balaban J connectivity index is 2.25.